The zero-order valence-corrected chi connectivity index (χ0v) is 14.6. The quantitative estimate of drug-likeness (QED) is 0.483. The second-order valence-electron chi connectivity index (χ2n) is 6.85. The Labute approximate surface area is 129 Å². The topological polar surface area (TPSA) is 26.0 Å². The fourth-order valence-electron chi connectivity index (χ4n) is 2.85. The van der Waals surface area contributed by atoms with Crippen molar-refractivity contribution >= 4 is 0 Å². The lowest BCUT2D eigenvalue weighted by Gasteiger charge is -2.22. The van der Waals surface area contributed by atoms with Gasteiger partial charge in [0, 0.05) is 6.04 Å². The van der Waals surface area contributed by atoms with Gasteiger partial charge in [0.25, 0.3) is 0 Å². The predicted octanol–water partition coefficient (Wildman–Crippen LogP) is 6.45. The van der Waals surface area contributed by atoms with E-state index in [0.717, 1.165) is 5.92 Å². The summed E-state index contributed by atoms with van der Waals surface area (Å²) in [6, 6.07) is 0.520. The van der Waals surface area contributed by atoms with Crippen LogP contribution in [0.3, 0.4) is 0 Å². The summed E-state index contributed by atoms with van der Waals surface area (Å²) < 4.78 is 0. The molecule has 1 nitrogen and oxygen atoms in total. The minimum absolute atomic E-state index is 0.520. The summed E-state index contributed by atoms with van der Waals surface area (Å²) in [5.74, 6) is 0.940. The molecule has 0 aromatic carbocycles. The van der Waals surface area contributed by atoms with E-state index in [0.29, 0.717) is 6.04 Å². The predicted molar refractivity (Wildman–Crippen MR) is 93.1 cm³/mol. The van der Waals surface area contributed by atoms with Crippen molar-refractivity contribution in [2.75, 3.05) is 0 Å². The Bertz CT molecular complexity index is 151. The molecule has 0 saturated heterocycles. The number of nitrogens with two attached hydrogens (primary N) is 1. The van der Waals surface area contributed by atoms with Gasteiger partial charge in [0.05, 0.1) is 0 Å². The fraction of sp³-hybridized carbons (Fsp3) is 1.00. The molecule has 1 fully saturated rings. The zero-order valence-electron chi connectivity index (χ0n) is 14.6. The Morgan fingerprint density at radius 1 is 0.650 bits per heavy atom. The lowest BCUT2D eigenvalue weighted by Crippen LogP contribution is -2.25. The van der Waals surface area contributed by atoms with Gasteiger partial charge in [-0.05, 0) is 31.6 Å². The molecule has 0 unspecified atom stereocenters. The summed E-state index contributed by atoms with van der Waals surface area (Å²) in [5.41, 5.74) is 5.70. The maximum absolute atomic E-state index is 5.70. The molecule has 122 valence electrons. The van der Waals surface area contributed by atoms with E-state index >= 15 is 0 Å². The molecule has 0 amide bonds. The highest BCUT2D eigenvalue weighted by atomic mass is 14.6. The van der Waals surface area contributed by atoms with Crippen molar-refractivity contribution in [1.29, 1.82) is 0 Å². The number of unbranched alkanes of at least 4 members (excludes halogenated alkanes) is 9. The van der Waals surface area contributed by atoms with Crippen molar-refractivity contribution in [1.82, 2.24) is 0 Å². The van der Waals surface area contributed by atoms with E-state index in [4.69, 9.17) is 5.73 Å². The summed E-state index contributed by atoms with van der Waals surface area (Å²) in [7, 11) is 0. The van der Waals surface area contributed by atoms with Crippen molar-refractivity contribution < 1.29 is 0 Å². The summed E-state index contributed by atoms with van der Waals surface area (Å²) in [5, 5.41) is 0. The van der Waals surface area contributed by atoms with E-state index in [1.807, 2.05) is 0 Å². The van der Waals surface area contributed by atoms with Crippen molar-refractivity contribution in [2.24, 2.45) is 11.7 Å². The molecule has 0 bridgehead atoms. The highest BCUT2D eigenvalue weighted by Gasteiger charge is 2.13. The molecule has 2 N–H and O–H groups in total. The first-order valence-electron chi connectivity index (χ1n) is 9.46. The largest absolute Gasteiger partial charge is 0.328 e. The van der Waals surface area contributed by atoms with Crippen molar-refractivity contribution in [3.05, 3.63) is 0 Å². The molecule has 1 aliphatic rings. The number of hydrogen-bond donors (Lipinski definition) is 1. The summed E-state index contributed by atoms with van der Waals surface area (Å²) in [6.07, 6.45) is 19.6. The molecule has 0 aliphatic heterocycles. The summed E-state index contributed by atoms with van der Waals surface area (Å²) in [6.45, 7) is 6.87. The van der Waals surface area contributed by atoms with Crippen LogP contribution < -0.4 is 5.73 Å². The molecule has 0 aromatic rings. The van der Waals surface area contributed by atoms with Gasteiger partial charge in [-0.1, -0.05) is 85.0 Å². The average molecular weight is 284 g/mol. The molecular formula is C19H41N. The lowest BCUT2D eigenvalue weighted by molar-refractivity contribution is 0.348. The summed E-state index contributed by atoms with van der Waals surface area (Å²) in [4.78, 5) is 0. The zero-order chi connectivity index (χ0) is 15.1. The van der Waals surface area contributed by atoms with Crippen LogP contribution in [0, 0.1) is 5.92 Å². The van der Waals surface area contributed by atoms with Crippen LogP contribution in [0.1, 0.15) is 111 Å². The molecule has 1 rings (SSSR count). The molecule has 0 aromatic heterocycles. The van der Waals surface area contributed by atoms with Crippen molar-refractivity contribution in [2.45, 2.75) is 117 Å². The van der Waals surface area contributed by atoms with Gasteiger partial charge in [0.2, 0.25) is 0 Å². The first-order valence-corrected chi connectivity index (χ1v) is 9.46. The summed E-state index contributed by atoms with van der Waals surface area (Å²) >= 11 is 0. The third kappa shape index (κ3) is 14.4. The Kier molecular flexibility index (Phi) is 15.3. The van der Waals surface area contributed by atoms with Gasteiger partial charge < -0.3 is 5.73 Å². The van der Waals surface area contributed by atoms with Crippen LogP contribution >= 0.6 is 0 Å². The van der Waals surface area contributed by atoms with Gasteiger partial charge >= 0.3 is 0 Å². The first kappa shape index (κ1) is 20.0. The SMILES string of the molecule is CC1CCC(N)CC1.CCCCCCCCCCCC. The molecular weight excluding hydrogens is 242 g/mol. The van der Waals surface area contributed by atoms with Crippen LogP contribution in [0.25, 0.3) is 0 Å². The van der Waals surface area contributed by atoms with Gasteiger partial charge in [-0.15, -0.1) is 0 Å². The Morgan fingerprint density at radius 3 is 1.30 bits per heavy atom. The van der Waals surface area contributed by atoms with Crippen LogP contribution in [0.15, 0.2) is 0 Å². The standard InChI is InChI=1S/C12H26.C7H15N/c1-3-5-7-9-11-12-10-8-6-4-2;1-6-2-4-7(8)5-3-6/h3-12H2,1-2H3;6-7H,2-5,8H2,1H3. The van der Waals surface area contributed by atoms with E-state index in [2.05, 4.69) is 20.8 Å². The highest BCUT2D eigenvalue weighted by molar-refractivity contribution is 4.70. The maximum Gasteiger partial charge on any atom is 0.00390 e. The van der Waals surface area contributed by atoms with Gasteiger partial charge in [0.1, 0.15) is 0 Å². The van der Waals surface area contributed by atoms with Gasteiger partial charge in [0.15, 0.2) is 0 Å². The Morgan fingerprint density at radius 2 is 1.00 bits per heavy atom. The molecule has 1 aliphatic carbocycles. The van der Waals surface area contributed by atoms with Crippen molar-refractivity contribution in [3.63, 3.8) is 0 Å². The fourth-order valence-corrected chi connectivity index (χ4v) is 2.85. The molecule has 0 heterocycles. The second kappa shape index (κ2) is 15.4. The minimum Gasteiger partial charge on any atom is -0.328 e. The highest BCUT2D eigenvalue weighted by Crippen LogP contribution is 2.21. The van der Waals surface area contributed by atoms with Crippen LogP contribution in [0.4, 0.5) is 0 Å². The minimum atomic E-state index is 0.520. The van der Waals surface area contributed by atoms with E-state index in [1.54, 1.807) is 0 Å². The number of hydrogen-bond acceptors (Lipinski definition) is 1. The Balaban J connectivity index is 0.000000388. The molecule has 1 saturated carbocycles. The monoisotopic (exact) mass is 283 g/mol. The van der Waals surface area contributed by atoms with Crippen LogP contribution in [0.2, 0.25) is 0 Å². The van der Waals surface area contributed by atoms with Gasteiger partial charge in [-0.2, -0.15) is 0 Å². The lowest BCUT2D eigenvalue weighted by atomic mass is 9.88. The molecule has 20 heavy (non-hydrogen) atoms. The molecule has 0 atom stereocenters. The van der Waals surface area contributed by atoms with Crippen LogP contribution in [0.5, 0.6) is 0 Å². The van der Waals surface area contributed by atoms with E-state index in [9.17, 15) is 0 Å². The van der Waals surface area contributed by atoms with E-state index in [-0.39, 0.29) is 0 Å². The normalized spacial score (nSPS) is 22.2. The average Bonchev–Trinajstić information content (AvgIpc) is 2.46. The molecule has 0 spiro atoms. The first-order chi connectivity index (χ1) is 9.70. The smallest absolute Gasteiger partial charge is 0.00390 e. The van der Waals surface area contributed by atoms with E-state index < -0.39 is 0 Å². The third-order valence-corrected chi connectivity index (χ3v) is 4.52. The van der Waals surface area contributed by atoms with Crippen LogP contribution in [-0.2, 0) is 0 Å². The van der Waals surface area contributed by atoms with E-state index in [1.165, 1.54) is 89.9 Å². The van der Waals surface area contributed by atoms with Gasteiger partial charge in [-0.25, -0.2) is 0 Å². The molecule has 1 heteroatoms. The molecule has 0 radical (unpaired) electrons. The second-order valence-corrected chi connectivity index (χ2v) is 6.85. The van der Waals surface area contributed by atoms with Crippen molar-refractivity contribution in [3.8, 4) is 0 Å². The third-order valence-electron chi connectivity index (χ3n) is 4.52. The number of rotatable bonds is 9. The maximum atomic E-state index is 5.70. The van der Waals surface area contributed by atoms with Gasteiger partial charge in [-0.3, -0.25) is 0 Å². The Hall–Kier alpha value is -0.0400. The van der Waals surface area contributed by atoms with Crippen LogP contribution in [-0.4, -0.2) is 6.04 Å².